The number of amides is 1. The molecule has 5 nitrogen and oxygen atoms in total. The monoisotopic (exact) mass is 395 g/mol. The van der Waals surface area contributed by atoms with Crippen molar-refractivity contribution >= 4 is 33.9 Å². The van der Waals surface area contributed by atoms with E-state index >= 15 is 0 Å². The van der Waals surface area contributed by atoms with Gasteiger partial charge in [-0.05, 0) is 65.7 Å². The van der Waals surface area contributed by atoms with Crippen molar-refractivity contribution in [1.29, 1.82) is 0 Å². The molecule has 0 bridgehead atoms. The van der Waals surface area contributed by atoms with Crippen LogP contribution in [0.25, 0.3) is 6.08 Å². The van der Waals surface area contributed by atoms with E-state index in [1.807, 2.05) is 4.90 Å². The number of ether oxygens (including phenoxy) is 1. The second-order valence-electron chi connectivity index (χ2n) is 6.42. The number of fused-ring (bicyclic) bond motifs is 1. The lowest BCUT2D eigenvalue weighted by atomic mass is 9.78. The fraction of sp³-hybridized carbons (Fsp3) is 0.556. The molecule has 3 rings (SSSR count). The van der Waals surface area contributed by atoms with Gasteiger partial charge in [-0.25, -0.2) is 4.79 Å². The summed E-state index contributed by atoms with van der Waals surface area (Å²) in [6.45, 7) is 0.599. The van der Waals surface area contributed by atoms with Crippen LogP contribution >= 0.6 is 15.9 Å². The first-order chi connectivity index (χ1) is 11.6. The molecule has 1 saturated carbocycles. The molecule has 6 heteroatoms. The number of piperidine rings is 1. The van der Waals surface area contributed by atoms with Crippen LogP contribution in [-0.2, 0) is 14.3 Å². The van der Waals surface area contributed by atoms with E-state index < -0.39 is 5.97 Å². The van der Waals surface area contributed by atoms with Gasteiger partial charge in [0.25, 0.3) is 5.91 Å². The molecule has 1 aromatic heterocycles. The second-order valence-corrected chi connectivity index (χ2v) is 7.21. The minimum Gasteiger partial charge on any atom is -0.452 e. The van der Waals surface area contributed by atoms with Crippen LogP contribution in [0.15, 0.2) is 27.3 Å². The van der Waals surface area contributed by atoms with Crippen molar-refractivity contribution in [2.24, 2.45) is 5.92 Å². The minimum atomic E-state index is -0.534. The van der Waals surface area contributed by atoms with Crippen LogP contribution in [0, 0.1) is 5.92 Å². The highest BCUT2D eigenvalue weighted by Crippen LogP contribution is 2.35. The maximum atomic E-state index is 12.4. The summed E-state index contributed by atoms with van der Waals surface area (Å²) in [5.74, 6) is 0.567. The Balaban J connectivity index is 1.49. The maximum absolute atomic E-state index is 12.4. The molecular weight excluding hydrogens is 374 g/mol. The molecule has 130 valence electrons. The number of nitrogens with zero attached hydrogens (tertiary/aromatic N) is 1. The van der Waals surface area contributed by atoms with Gasteiger partial charge in [0.2, 0.25) is 0 Å². The number of furan rings is 1. The zero-order chi connectivity index (χ0) is 16.9. The van der Waals surface area contributed by atoms with Crippen LogP contribution in [0.1, 0.15) is 44.3 Å². The van der Waals surface area contributed by atoms with E-state index in [1.165, 1.54) is 37.8 Å². The quantitative estimate of drug-likeness (QED) is 0.574. The fourth-order valence-electron chi connectivity index (χ4n) is 3.77. The number of rotatable bonds is 4. The Hall–Kier alpha value is -1.56. The van der Waals surface area contributed by atoms with Gasteiger partial charge in [0.1, 0.15) is 5.76 Å². The van der Waals surface area contributed by atoms with Crippen molar-refractivity contribution in [2.75, 3.05) is 13.2 Å². The highest BCUT2D eigenvalue weighted by Gasteiger charge is 2.35. The van der Waals surface area contributed by atoms with Gasteiger partial charge in [0, 0.05) is 18.7 Å². The maximum Gasteiger partial charge on any atom is 0.331 e. The van der Waals surface area contributed by atoms with Gasteiger partial charge < -0.3 is 14.1 Å². The number of carbonyl (C=O) groups is 2. The molecule has 1 amide bonds. The summed E-state index contributed by atoms with van der Waals surface area (Å²) in [5.41, 5.74) is 0. The smallest absolute Gasteiger partial charge is 0.331 e. The number of halogens is 1. The number of likely N-dealkylation sites (tertiary alicyclic amines) is 1. The predicted octanol–water partition coefficient (Wildman–Crippen LogP) is 3.78. The van der Waals surface area contributed by atoms with Crippen molar-refractivity contribution in [1.82, 2.24) is 4.90 Å². The number of hydrogen-bond acceptors (Lipinski definition) is 4. The molecule has 2 aliphatic rings. The van der Waals surface area contributed by atoms with Gasteiger partial charge in [-0.3, -0.25) is 4.79 Å². The van der Waals surface area contributed by atoms with E-state index in [9.17, 15) is 9.59 Å². The number of esters is 1. The van der Waals surface area contributed by atoms with E-state index in [1.54, 1.807) is 12.1 Å². The molecule has 1 aromatic rings. The topological polar surface area (TPSA) is 59.8 Å². The van der Waals surface area contributed by atoms with Gasteiger partial charge >= 0.3 is 5.97 Å². The largest absolute Gasteiger partial charge is 0.452 e. The Labute approximate surface area is 150 Å². The third kappa shape index (κ3) is 4.29. The Morgan fingerprint density at radius 2 is 2.04 bits per heavy atom. The van der Waals surface area contributed by atoms with Crippen LogP contribution < -0.4 is 0 Å². The van der Waals surface area contributed by atoms with E-state index in [4.69, 9.17) is 9.15 Å². The van der Waals surface area contributed by atoms with Gasteiger partial charge in [-0.15, -0.1) is 0 Å². The third-order valence-corrected chi connectivity index (χ3v) is 5.31. The molecule has 0 aromatic carbocycles. The zero-order valence-corrected chi connectivity index (χ0v) is 15.2. The van der Waals surface area contributed by atoms with Crippen LogP contribution in [0.4, 0.5) is 0 Å². The number of carbonyl (C=O) groups excluding carboxylic acids is 2. The Kier molecular flexibility index (Phi) is 5.76. The Morgan fingerprint density at radius 3 is 2.83 bits per heavy atom. The van der Waals surface area contributed by atoms with Crippen molar-refractivity contribution in [2.45, 2.75) is 44.6 Å². The Bertz CT molecular complexity index is 622. The molecule has 1 aliphatic carbocycles. The SMILES string of the molecule is O=C(/C=C/c1ccc(Br)o1)OCC(=O)N1CCC[C@H]2CCCC[C@H]21. The van der Waals surface area contributed by atoms with Crippen molar-refractivity contribution in [3.05, 3.63) is 28.6 Å². The standard InChI is InChI=1S/C18H22BrNO4/c19-16-9-7-14(24-16)8-10-18(22)23-12-17(21)20-11-3-5-13-4-1-2-6-15(13)20/h7-10,13,15H,1-6,11-12H2/b10-8+/t13-,15-/m1/s1. The molecule has 1 saturated heterocycles. The molecule has 0 N–H and O–H groups in total. The molecule has 0 spiro atoms. The molecule has 2 heterocycles. The van der Waals surface area contributed by atoms with Crippen molar-refractivity contribution in [3.8, 4) is 0 Å². The summed E-state index contributed by atoms with van der Waals surface area (Å²) in [5, 5.41) is 0. The fourth-order valence-corrected chi connectivity index (χ4v) is 4.09. The normalized spacial score (nSPS) is 24.0. The molecule has 1 aliphatic heterocycles. The van der Waals surface area contributed by atoms with E-state index in [2.05, 4.69) is 15.9 Å². The molecule has 2 fully saturated rings. The van der Waals surface area contributed by atoms with E-state index in [0.29, 0.717) is 22.4 Å². The third-order valence-electron chi connectivity index (χ3n) is 4.88. The average Bonchev–Trinajstić information content (AvgIpc) is 3.02. The van der Waals surface area contributed by atoms with E-state index in [-0.39, 0.29) is 12.5 Å². The Morgan fingerprint density at radius 1 is 1.25 bits per heavy atom. The second kappa shape index (κ2) is 8.01. The highest BCUT2D eigenvalue weighted by atomic mass is 79.9. The lowest BCUT2D eigenvalue weighted by molar-refractivity contribution is -0.151. The van der Waals surface area contributed by atoms with Gasteiger partial charge in [0.05, 0.1) is 0 Å². The van der Waals surface area contributed by atoms with Crippen molar-refractivity contribution < 1.29 is 18.7 Å². The van der Waals surface area contributed by atoms with Crippen LogP contribution in [0.3, 0.4) is 0 Å². The van der Waals surface area contributed by atoms with E-state index in [0.717, 1.165) is 19.4 Å². The molecular formula is C18H22BrNO4. The summed E-state index contributed by atoms with van der Waals surface area (Å²) in [7, 11) is 0. The summed E-state index contributed by atoms with van der Waals surface area (Å²) >= 11 is 3.19. The molecule has 2 atom stereocenters. The lowest BCUT2D eigenvalue weighted by Gasteiger charge is -2.44. The van der Waals surface area contributed by atoms with Crippen LogP contribution in [-0.4, -0.2) is 36.0 Å². The summed E-state index contributed by atoms with van der Waals surface area (Å²) in [6.07, 6.45) is 9.82. The van der Waals surface area contributed by atoms with Crippen molar-refractivity contribution in [3.63, 3.8) is 0 Å². The van der Waals surface area contributed by atoms with Gasteiger partial charge in [-0.1, -0.05) is 12.8 Å². The molecule has 0 unspecified atom stereocenters. The highest BCUT2D eigenvalue weighted by molar-refractivity contribution is 9.10. The minimum absolute atomic E-state index is 0.0749. The first-order valence-corrected chi connectivity index (χ1v) is 9.32. The summed E-state index contributed by atoms with van der Waals surface area (Å²) in [6, 6.07) is 3.82. The van der Waals surface area contributed by atoms with Crippen LogP contribution in [0.5, 0.6) is 0 Å². The zero-order valence-electron chi connectivity index (χ0n) is 13.6. The van der Waals surface area contributed by atoms with Gasteiger partial charge in [-0.2, -0.15) is 0 Å². The lowest BCUT2D eigenvalue weighted by Crippen LogP contribution is -2.50. The predicted molar refractivity (Wildman–Crippen MR) is 93.1 cm³/mol. The number of hydrogen-bond donors (Lipinski definition) is 0. The first-order valence-electron chi connectivity index (χ1n) is 8.53. The van der Waals surface area contributed by atoms with Gasteiger partial charge in [0.15, 0.2) is 11.3 Å². The van der Waals surface area contributed by atoms with Crippen LogP contribution in [0.2, 0.25) is 0 Å². The summed E-state index contributed by atoms with van der Waals surface area (Å²) < 4.78 is 11.0. The summed E-state index contributed by atoms with van der Waals surface area (Å²) in [4.78, 5) is 26.1. The average molecular weight is 396 g/mol. The first kappa shape index (κ1) is 17.3. The molecule has 0 radical (unpaired) electrons. The molecule has 24 heavy (non-hydrogen) atoms.